The molecule has 0 radical (unpaired) electrons. The van der Waals surface area contributed by atoms with Gasteiger partial charge in [-0.05, 0) is 36.1 Å². The third kappa shape index (κ3) is 5.97. The van der Waals surface area contributed by atoms with Gasteiger partial charge in [-0.1, -0.05) is 12.1 Å². The number of benzene rings is 1. The van der Waals surface area contributed by atoms with Gasteiger partial charge in [-0.2, -0.15) is 24.9 Å². The average Bonchev–Trinajstić information content (AvgIpc) is 2.59. The molecule has 2 aromatic rings. The van der Waals surface area contributed by atoms with Crippen molar-refractivity contribution in [1.29, 1.82) is 0 Å². The lowest BCUT2D eigenvalue weighted by Crippen LogP contribution is -2.29. The summed E-state index contributed by atoms with van der Waals surface area (Å²) in [5.74, 6) is 0.969. The average molecular weight is 369 g/mol. The Bertz CT molecular complexity index is 705. The van der Waals surface area contributed by atoms with E-state index in [1.807, 2.05) is 24.5 Å². The Morgan fingerprint density at radius 3 is 2.64 bits per heavy atom. The van der Waals surface area contributed by atoms with Gasteiger partial charge in [0.1, 0.15) is 5.82 Å². The van der Waals surface area contributed by atoms with Crippen LogP contribution < -0.4 is 10.6 Å². The maximum absolute atomic E-state index is 12.4. The molecule has 1 amide bonds. The van der Waals surface area contributed by atoms with Crippen LogP contribution in [0.2, 0.25) is 0 Å². The van der Waals surface area contributed by atoms with Gasteiger partial charge in [0.2, 0.25) is 0 Å². The summed E-state index contributed by atoms with van der Waals surface area (Å²) in [6.07, 6.45) is -1.63. The van der Waals surface area contributed by atoms with E-state index in [0.29, 0.717) is 24.5 Å². The molecule has 0 spiro atoms. The zero-order chi connectivity index (χ0) is 18.3. The van der Waals surface area contributed by atoms with Gasteiger partial charge in [0, 0.05) is 30.6 Å². The molecule has 0 aliphatic carbocycles. The van der Waals surface area contributed by atoms with E-state index in [1.54, 1.807) is 17.8 Å². The topological polar surface area (TPSA) is 54.0 Å². The number of anilines is 1. The van der Waals surface area contributed by atoms with Crippen LogP contribution in [0.25, 0.3) is 0 Å². The number of aromatic nitrogens is 1. The van der Waals surface area contributed by atoms with Gasteiger partial charge in [0.15, 0.2) is 0 Å². The molecule has 0 atom stereocenters. The number of carbonyl (C=O) groups excluding carboxylic acids is 1. The molecule has 0 saturated heterocycles. The van der Waals surface area contributed by atoms with E-state index in [9.17, 15) is 18.0 Å². The maximum Gasteiger partial charge on any atom is 0.417 e. The van der Waals surface area contributed by atoms with Crippen LogP contribution in [0.5, 0.6) is 0 Å². The minimum atomic E-state index is -4.40. The quantitative estimate of drug-likeness (QED) is 0.729. The van der Waals surface area contributed by atoms with Crippen molar-refractivity contribution >= 4 is 23.5 Å². The molecule has 0 saturated carbocycles. The van der Waals surface area contributed by atoms with Crippen LogP contribution in [-0.4, -0.2) is 30.2 Å². The second-order valence-corrected chi connectivity index (χ2v) is 6.11. The molecule has 1 aromatic carbocycles. The molecule has 134 valence electrons. The van der Waals surface area contributed by atoms with Crippen molar-refractivity contribution in [3.05, 3.63) is 59.3 Å². The molecule has 25 heavy (non-hydrogen) atoms. The van der Waals surface area contributed by atoms with E-state index in [-0.39, 0.29) is 5.91 Å². The molecule has 4 nitrogen and oxygen atoms in total. The maximum atomic E-state index is 12.4. The summed E-state index contributed by atoms with van der Waals surface area (Å²) in [7, 11) is 0. The van der Waals surface area contributed by atoms with E-state index >= 15 is 0 Å². The molecule has 2 rings (SSSR count). The van der Waals surface area contributed by atoms with Crippen molar-refractivity contribution in [3.8, 4) is 0 Å². The van der Waals surface area contributed by atoms with E-state index in [4.69, 9.17) is 0 Å². The van der Waals surface area contributed by atoms with Crippen LogP contribution >= 0.6 is 11.8 Å². The van der Waals surface area contributed by atoms with Gasteiger partial charge in [-0.25, -0.2) is 4.98 Å². The lowest BCUT2D eigenvalue weighted by molar-refractivity contribution is -0.137. The summed E-state index contributed by atoms with van der Waals surface area (Å²) >= 11 is 1.68. The number of nitrogens with zero attached hydrogens (tertiary/aromatic N) is 1. The highest BCUT2D eigenvalue weighted by Gasteiger charge is 2.30. The number of halogens is 3. The molecule has 0 fully saturated rings. The fourth-order valence-electron chi connectivity index (χ4n) is 2.10. The van der Waals surface area contributed by atoms with Crippen molar-refractivity contribution < 1.29 is 18.0 Å². The van der Waals surface area contributed by atoms with Crippen molar-refractivity contribution in [3.63, 3.8) is 0 Å². The number of carbonyl (C=O) groups is 1. The summed E-state index contributed by atoms with van der Waals surface area (Å²) in [6, 6.07) is 9.61. The smallest absolute Gasteiger partial charge is 0.368 e. The molecular weight excluding hydrogens is 351 g/mol. The van der Waals surface area contributed by atoms with Crippen LogP contribution in [-0.2, 0) is 11.9 Å². The SMILES string of the molecule is CSCc1cccc(C(=O)NCCNc2ccc(C(F)(F)F)cn2)c1. The normalized spacial score (nSPS) is 11.2. The Kier molecular flexibility index (Phi) is 6.69. The first-order chi connectivity index (χ1) is 11.9. The largest absolute Gasteiger partial charge is 0.417 e. The summed E-state index contributed by atoms with van der Waals surface area (Å²) < 4.78 is 37.3. The molecule has 0 aliphatic rings. The summed E-state index contributed by atoms with van der Waals surface area (Å²) in [4.78, 5) is 15.8. The van der Waals surface area contributed by atoms with E-state index in [2.05, 4.69) is 15.6 Å². The Labute approximate surface area is 148 Å². The zero-order valence-electron chi connectivity index (χ0n) is 13.6. The number of amides is 1. The minimum absolute atomic E-state index is 0.190. The molecule has 8 heteroatoms. The van der Waals surface area contributed by atoms with Crippen molar-refractivity contribution in [2.24, 2.45) is 0 Å². The highest BCUT2D eigenvalue weighted by Crippen LogP contribution is 2.28. The molecular formula is C17H18F3N3OS. The second-order valence-electron chi connectivity index (χ2n) is 5.25. The van der Waals surface area contributed by atoms with Gasteiger partial charge in [0.05, 0.1) is 5.56 Å². The van der Waals surface area contributed by atoms with Crippen LogP contribution in [0.15, 0.2) is 42.6 Å². The predicted octanol–water partition coefficient (Wildman–Crippen LogP) is 3.81. The number of hydrogen-bond donors (Lipinski definition) is 2. The molecule has 1 heterocycles. The first-order valence-electron chi connectivity index (χ1n) is 7.53. The predicted molar refractivity (Wildman–Crippen MR) is 93.7 cm³/mol. The number of nitrogens with one attached hydrogen (secondary N) is 2. The fourth-order valence-corrected chi connectivity index (χ4v) is 2.62. The number of thioether (sulfide) groups is 1. The first-order valence-corrected chi connectivity index (χ1v) is 8.93. The van der Waals surface area contributed by atoms with Gasteiger partial charge < -0.3 is 10.6 Å². The number of hydrogen-bond acceptors (Lipinski definition) is 4. The summed E-state index contributed by atoms with van der Waals surface area (Å²) in [5, 5.41) is 5.62. The molecule has 2 N–H and O–H groups in total. The standard InChI is InChI=1S/C17H18F3N3OS/c1-25-11-12-3-2-4-13(9-12)16(24)22-8-7-21-15-6-5-14(10-23-15)17(18,19)20/h2-6,9-10H,7-8,11H2,1H3,(H,21,23)(H,22,24). The highest BCUT2D eigenvalue weighted by atomic mass is 32.2. The zero-order valence-corrected chi connectivity index (χ0v) is 14.4. The fraction of sp³-hybridized carbons (Fsp3) is 0.294. The Balaban J connectivity index is 1.79. The minimum Gasteiger partial charge on any atom is -0.368 e. The number of rotatable bonds is 7. The molecule has 1 aromatic heterocycles. The third-order valence-corrected chi connectivity index (χ3v) is 3.93. The lowest BCUT2D eigenvalue weighted by atomic mass is 10.1. The molecule has 0 unspecified atom stereocenters. The Morgan fingerprint density at radius 2 is 2.00 bits per heavy atom. The van der Waals surface area contributed by atoms with Crippen LogP contribution in [0.3, 0.4) is 0 Å². The van der Waals surface area contributed by atoms with E-state index < -0.39 is 11.7 Å². The van der Waals surface area contributed by atoms with Crippen LogP contribution in [0, 0.1) is 0 Å². The van der Waals surface area contributed by atoms with Crippen molar-refractivity contribution in [2.75, 3.05) is 24.7 Å². The van der Waals surface area contributed by atoms with E-state index in [1.165, 1.54) is 6.07 Å². The summed E-state index contributed by atoms with van der Waals surface area (Å²) in [5.41, 5.74) is 0.864. The van der Waals surface area contributed by atoms with Crippen LogP contribution in [0.4, 0.5) is 19.0 Å². The second kappa shape index (κ2) is 8.75. The lowest BCUT2D eigenvalue weighted by Gasteiger charge is -2.10. The van der Waals surface area contributed by atoms with E-state index in [0.717, 1.165) is 23.6 Å². The van der Waals surface area contributed by atoms with Gasteiger partial charge >= 0.3 is 6.18 Å². The Morgan fingerprint density at radius 1 is 1.20 bits per heavy atom. The third-order valence-electron chi connectivity index (χ3n) is 3.31. The number of pyridine rings is 1. The first kappa shape index (κ1) is 19.1. The Hall–Kier alpha value is -2.22. The van der Waals surface area contributed by atoms with Crippen LogP contribution in [0.1, 0.15) is 21.5 Å². The number of alkyl halides is 3. The van der Waals surface area contributed by atoms with Crippen molar-refractivity contribution in [1.82, 2.24) is 10.3 Å². The van der Waals surface area contributed by atoms with Gasteiger partial charge in [-0.3, -0.25) is 4.79 Å². The highest BCUT2D eigenvalue weighted by molar-refractivity contribution is 7.97. The monoisotopic (exact) mass is 369 g/mol. The molecule has 0 aliphatic heterocycles. The molecule has 0 bridgehead atoms. The summed E-state index contributed by atoms with van der Waals surface area (Å²) in [6.45, 7) is 0.683. The van der Waals surface area contributed by atoms with Gasteiger partial charge in [-0.15, -0.1) is 0 Å². The van der Waals surface area contributed by atoms with Gasteiger partial charge in [0.25, 0.3) is 5.91 Å². The van der Waals surface area contributed by atoms with Crippen molar-refractivity contribution in [2.45, 2.75) is 11.9 Å².